The van der Waals surface area contributed by atoms with Gasteiger partial charge in [-0.1, -0.05) is 18.2 Å². The zero-order chi connectivity index (χ0) is 27.0. The Morgan fingerprint density at radius 1 is 1.24 bits per heavy atom. The lowest BCUT2D eigenvalue weighted by Crippen LogP contribution is -2.62. The number of likely N-dealkylation sites (tertiary alicyclic amines) is 1. The van der Waals surface area contributed by atoms with Crippen molar-refractivity contribution in [3.63, 3.8) is 0 Å². The summed E-state index contributed by atoms with van der Waals surface area (Å²) < 4.78 is 12.1. The molecule has 2 N–H and O–H groups in total. The quantitative estimate of drug-likeness (QED) is 0.442. The first kappa shape index (κ1) is 25.4. The molecular weight excluding hydrogens is 480 g/mol. The molecule has 3 aliphatic carbocycles. The molecule has 0 aromatic heterocycles. The highest BCUT2D eigenvalue weighted by Crippen LogP contribution is 2.66. The zero-order valence-electron chi connectivity index (χ0n) is 22.9. The predicted octanol–water partition coefficient (Wildman–Crippen LogP) is 3.30. The summed E-state index contributed by atoms with van der Waals surface area (Å²) in [6.45, 7) is 5.19. The molecule has 2 aliphatic heterocycles. The molecule has 38 heavy (non-hydrogen) atoms. The summed E-state index contributed by atoms with van der Waals surface area (Å²) in [4.78, 5) is 18.6. The van der Waals surface area contributed by atoms with E-state index in [9.17, 15) is 15.0 Å². The van der Waals surface area contributed by atoms with Crippen LogP contribution in [0.25, 0.3) is 5.70 Å². The van der Waals surface area contributed by atoms with Crippen LogP contribution in [0.4, 0.5) is 0 Å². The summed E-state index contributed by atoms with van der Waals surface area (Å²) in [7, 11) is 5.97. The molecule has 0 amide bonds. The smallest absolute Gasteiger partial charge is 0.200 e. The van der Waals surface area contributed by atoms with Gasteiger partial charge in [0.15, 0.2) is 11.4 Å². The standard InChI is InChI=1S/C31H38N2O5/c1-6-37-21-9-7-19(8-10-21)26(32(3)4)18(2)27(35)31(36)14-13-20-17-23-22-11-12-24(34)28-30(22,15-16-33(23)5)25(20)29(31)38-28/h7-13,22-24,28,34,36H,6,14-17H2,1-5H3/b26-18-/t22-,23+,24-,28-,30-,31?/m0/s1. The maximum Gasteiger partial charge on any atom is 0.200 e. The first-order valence-corrected chi connectivity index (χ1v) is 13.7. The third kappa shape index (κ3) is 3.34. The Balaban J connectivity index is 1.44. The number of carbonyl (C=O) groups is 1. The topological polar surface area (TPSA) is 82.5 Å². The molecule has 1 saturated carbocycles. The molecule has 2 fully saturated rings. The van der Waals surface area contributed by atoms with Gasteiger partial charge in [0.05, 0.1) is 12.3 Å². The van der Waals surface area contributed by atoms with Crippen molar-refractivity contribution in [2.75, 3.05) is 34.3 Å². The molecule has 1 saturated heterocycles. The fourth-order valence-corrected chi connectivity index (χ4v) is 7.80. The van der Waals surface area contributed by atoms with E-state index < -0.39 is 23.2 Å². The molecule has 0 radical (unpaired) electrons. The van der Waals surface area contributed by atoms with Crippen LogP contribution in [0.1, 0.15) is 38.7 Å². The molecule has 6 rings (SSSR count). The number of Topliss-reactive ketones (excluding diaryl/α,β-unsaturated/α-hetero) is 1. The van der Waals surface area contributed by atoms with E-state index in [4.69, 9.17) is 9.47 Å². The number of benzene rings is 1. The molecule has 1 aromatic rings. The first-order chi connectivity index (χ1) is 18.1. The number of rotatable bonds is 6. The van der Waals surface area contributed by atoms with Gasteiger partial charge >= 0.3 is 0 Å². The van der Waals surface area contributed by atoms with Gasteiger partial charge in [-0.25, -0.2) is 0 Å². The van der Waals surface area contributed by atoms with Gasteiger partial charge < -0.3 is 29.5 Å². The number of ketones is 1. The fraction of sp³-hybridized carbons (Fsp3) is 0.516. The Kier molecular flexibility index (Phi) is 5.91. The lowest BCUT2D eigenvalue weighted by atomic mass is 9.51. The molecule has 7 heteroatoms. The number of hydrogen-bond acceptors (Lipinski definition) is 7. The van der Waals surface area contributed by atoms with E-state index >= 15 is 0 Å². The third-order valence-electron chi connectivity index (χ3n) is 9.45. The highest BCUT2D eigenvalue weighted by molar-refractivity contribution is 6.09. The van der Waals surface area contributed by atoms with E-state index in [1.807, 2.05) is 56.3 Å². The molecule has 1 spiro atoms. The number of nitrogens with zero attached hydrogens (tertiary/aromatic N) is 2. The number of aliphatic hydroxyl groups excluding tert-OH is 1. The summed E-state index contributed by atoms with van der Waals surface area (Å²) in [5.41, 5.74) is 1.97. The highest BCUT2D eigenvalue weighted by Gasteiger charge is 2.68. The summed E-state index contributed by atoms with van der Waals surface area (Å²) in [5.74, 6) is 0.946. The molecule has 1 aromatic carbocycles. The molecule has 6 atom stereocenters. The number of carbonyl (C=O) groups excluding carboxylic acids is 1. The van der Waals surface area contributed by atoms with Crippen LogP contribution in [-0.4, -0.2) is 83.9 Å². The van der Waals surface area contributed by atoms with Crippen molar-refractivity contribution in [1.29, 1.82) is 0 Å². The number of aliphatic hydroxyl groups is 2. The van der Waals surface area contributed by atoms with Crippen LogP contribution >= 0.6 is 0 Å². The normalized spacial score (nSPS) is 35.7. The average Bonchev–Trinajstić information content (AvgIpc) is 3.26. The summed E-state index contributed by atoms with van der Waals surface area (Å²) in [6.07, 6.45) is 6.60. The molecule has 202 valence electrons. The Hall–Kier alpha value is -2.87. The maximum absolute atomic E-state index is 14.3. The number of ether oxygens (including phenoxy) is 2. The third-order valence-corrected chi connectivity index (χ3v) is 9.45. The maximum atomic E-state index is 14.3. The summed E-state index contributed by atoms with van der Waals surface area (Å²) in [6, 6.07) is 7.98. The lowest BCUT2D eigenvalue weighted by Gasteiger charge is -2.58. The average molecular weight is 519 g/mol. The Morgan fingerprint density at radius 3 is 2.66 bits per heavy atom. The second-order valence-corrected chi connectivity index (χ2v) is 11.6. The zero-order valence-corrected chi connectivity index (χ0v) is 22.9. The van der Waals surface area contributed by atoms with Crippen LogP contribution in [0.15, 0.2) is 65.0 Å². The highest BCUT2D eigenvalue weighted by atomic mass is 16.5. The predicted molar refractivity (Wildman–Crippen MR) is 145 cm³/mol. The summed E-state index contributed by atoms with van der Waals surface area (Å²) >= 11 is 0. The van der Waals surface area contributed by atoms with Crippen molar-refractivity contribution in [2.24, 2.45) is 11.3 Å². The molecular formula is C31H38N2O5. The van der Waals surface area contributed by atoms with Crippen molar-refractivity contribution in [3.05, 3.63) is 70.5 Å². The van der Waals surface area contributed by atoms with Crippen LogP contribution < -0.4 is 4.74 Å². The van der Waals surface area contributed by atoms with Gasteiger partial charge in [0, 0.05) is 49.0 Å². The van der Waals surface area contributed by atoms with Gasteiger partial charge in [-0.05, 0) is 75.7 Å². The van der Waals surface area contributed by atoms with Crippen LogP contribution in [0, 0.1) is 11.3 Å². The monoisotopic (exact) mass is 518 g/mol. The van der Waals surface area contributed by atoms with E-state index in [0.717, 1.165) is 47.5 Å². The van der Waals surface area contributed by atoms with E-state index in [2.05, 4.69) is 24.1 Å². The molecule has 5 aliphatic rings. The van der Waals surface area contributed by atoms with Gasteiger partial charge in [-0.2, -0.15) is 0 Å². The first-order valence-electron chi connectivity index (χ1n) is 13.7. The second-order valence-electron chi connectivity index (χ2n) is 11.6. The van der Waals surface area contributed by atoms with Crippen LogP contribution in [0.5, 0.6) is 5.75 Å². The SMILES string of the molecule is CCOc1ccc(/C(=C(\C)C(=O)C2(O)CC=C3C[C@@H]4[C@@H]5C=C[C@H](O)[C@@H]6OC2=C3[C@]56CCN4C)N(C)C)cc1. The minimum Gasteiger partial charge on any atom is -0.494 e. The molecule has 2 heterocycles. The van der Waals surface area contributed by atoms with Gasteiger partial charge in [-0.15, -0.1) is 0 Å². The summed E-state index contributed by atoms with van der Waals surface area (Å²) in [5, 5.41) is 23.3. The number of hydrogen-bond donors (Lipinski definition) is 2. The number of piperidine rings is 1. The van der Waals surface area contributed by atoms with Gasteiger partial charge in [0.2, 0.25) is 0 Å². The van der Waals surface area contributed by atoms with Gasteiger partial charge in [0.1, 0.15) is 23.7 Å². The van der Waals surface area contributed by atoms with Crippen molar-refractivity contribution in [1.82, 2.24) is 9.80 Å². The van der Waals surface area contributed by atoms with Gasteiger partial charge in [-0.3, -0.25) is 4.79 Å². The van der Waals surface area contributed by atoms with E-state index in [1.54, 1.807) is 6.92 Å². The van der Waals surface area contributed by atoms with Crippen molar-refractivity contribution < 1.29 is 24.5 Å². The largest absolute Gasteiger partial charge is 0.494 e. The van der Waals surface area contributed by atoms with E-state index in [-0.39, 0.29) is 18.1 Å². The van der Waals surface area contributed by atoms with Gasteiger partial charge in [0.25, 0.3) is 0 Å². The minimum absolute atomic E-state index is 0.161. The minimum atomic E-state index is -1.82. The second kappa shape index (κ2) is 8.83. The van der Waals surface area contributed by atoms with E-state index in [0.29, 0.717) is 24.0 Å². The van der Waals surface area contributed by atoms with Crippen molar-refractivity contribution in [3.8, 4) is 5.75 Å². The molecule has 7 nitrogen and oxygen atoms in total. The van der Waals surface area contributed by atoms with Crippen LogP contribution in [0.2, 0.25) is 0 Å². The molecule has 1 unspecified atom stereocenters. The van der Waals surface area contributed by atoms with E-state index in [1.165, 1.54) is 0 Å². The van der Waals surface area contributed by atoms with Crippen LogP contribution in [0.3, 0.4) is 0 Å². The Bertz CT molecular complexity index is 1290. The Labute approximate surface area is 224 Å². The molecule has 2 bridgehead atoms. The van der Waals surface area contributed by atoms with Crippen molar-refractivity contribution in [2.45, 2.75) is 57.0 Å². The fourth-order valence-electron chi connectivity index (χ4n) is 7.80. The Morgan fingerprint density at radius 2 is 1.97 bits per heavy atom. The van der Waals surface area contributed by atoms with Crippen molar-refractivity contribution >= 4 is 11.5 Å². The van der Waals surface area contributed by atoms with Crippen LogP contribution in [-0.2, 0) is 9.53 Å². The lowest BCUT2D eigenvalue weighted by molar-refractivity contribution is -0.137.